The van der Waals surface area contributed by atoms with Gasteiger partial charge in [-0.1, -0.05) is 11.6 Å². The second kappa shape index (κ2) is 3.75. The van der Waals surface area contributed by atoms with Crippen LogP contribution in [0.15, 0.2) is 30.3 Å². The molecule has 0 aliphatic carbocycles. The molecule has 0 fully saturated rings. The summed E-state index contributed by atoms with van der Waals surface area (Å²) in [6, 6.07) is 9.61. The van der Waals surface area contributed by atoms with Crippen LogP contribution in [-0.4, -0.2) is 9.55 Å². The molecule has 0 unspecified atom stereocenters. The van der Waals surface area contributed by atoms with Gasteiger partial charge in [0.15, 0.2) is 5.82 Å². The number of imidazole rings is 1. The number of halogens is 1. The van der Waals surface area contributed by atoms with Gasteiger partial charge in [0.1, 0.15) is 0 Å². The quantitative estimate of drug-likeness (QED) is 0.730. The third kappa shape index (κ3) is 1.69. The highest BCUT2D eigenvalue weighted by molar-refractivity contribution is 7.19. The summed E-state index contributed by atoms with van der Waals surface area (Å²) in [6.07, 6.45) is 0. The van der Waals surface area contributed by atoms with Gasteiger partial charge >= 0.3 is 0 Å². The number of hydrogen-bond donors (Lipinski definition) is 1. The average Bonchev–Trinajstić information content (AvgIpc) is 2.83. The molecule has 1 aromatic carbocycles. The summed E-state index contributed by atoms with van der Waals surface area (Å²) in [5, 5.41) is 1.50. The Morgan fingerprint density at radius 1 is 1.29 bits per heavy atom. The molecule has 2 N–H and O–H groups in total. The number of fused-ring (bicyclic) bond motifs is 1. The predicted molar refractivity (Wildman–Crippen MR) is 73.4 cm³/mol. The van der Waals surface area contributed by atoms with Gasteiger partial charge in [-0.3, -0.25) is 0 Å². The van der Waals surface area contributed by atoms with Gasteiger partial charge in [0, 0.05) is 12.1 Å². The molecule has 0 amide bonds. The van der Waals surface area contributed by atoms with Crippen molar-refractivity contribution in [2.75, 3.05) is 5.73 Å². The van der Waals surface area contributed by atoms with E-state index in [1.54, 1.807) is 0 Å². The summed E-state index contributed by atoms with van der Waals surface area (Å²) in [4.78, 5) is 5.66. The molecule has 0 atom stereocenters. The molecular formula is C12H10ClN3S. The smallest absolute Gasteiger partial charge is 0.151 e. The van der Waals surface area contributed by atoms with Gasteiger partial charge in [0.25, 0.3) is 0 Å². The lowest BCUT2D eigenvalue weighted by Gasteiger charge is -1.98. The monoisotopic (exact) mass is 263 g/mol. The number of thiophene rings is 1. The first-order valence-electron chi connectivity index (χ1n) is 5.13. The minimum Gasteiger partial charge on any atom is -0.391 e. The molecule has 17 heavy (non-hydrogen) atoms. The molecule has 2 heterocycles. The van der Waals surface area contributed by atoms with Crippen LogP contribution in [-0.2, 0) is 7.05 Å². The third-order valence-electron chi connectivity index (χ3n) is 2.69. The molecule has 0 saturated heterocycles. The molecule has 0 aliphatic heterocycles. The number of rotatable bonds is 1. The molecule has 0 saturated carbocycles. The van der Waals surface area contributed by atoms with Gasteiger partial charge in [-0.05, 0) is 30.3 Å². The van der Waals surface area contributed by atoms with Crippen LogP contribution < -0.4 is 5.73 Å². The van der Waals surface area contributed by atoms with Crippen molar-refractivity contribution in [1.29, 1.82) is 0 Å². The zero-order valence-electron chi connectivity index (χ0n) is 9.14. The Morgan fingerprint density at radius 3 is 2.82 bits per heavy atom. The summed E-state index contributed by atoms with van der Waals surface area (Å²) < 4.78 is 2.05. The van der Waals surface area contributed by atoms with Crippen molar-refractivity contribution in [1.82, 2.24) is 9.55 Å². The molecule has 5 heteroatoms. The van der Waals surface area contributed by atoms with E-state index in [4.69, 9.17) is 17.3 Å². The highest BCUT2D eigenvalue weighted by Gasteiger charge is 2.11. The fraction of sp³-hybridized carbons (Fsp3) is 0.0833. The van der Waals surface area contributed by atoms with Crippen molar-refractivity contribution >= 4 is 39.0 Å². The molecule has 0 aliphatic rings. The maximum absolute atomic E-state index is 5.96. The first-order chi connectivity index (χ1) is 8.15. The summed E-state index contributed by atoms with van der Waals surface area (Å²) in [5.41, 5.74) is 7.72. The highest BCUT2D eigenvalue weighted by Crippen LogP contribution is 2.31. The van der Waals surface area contributed by atoms with E-state index in [1.165, 1.54) is 11.3 Å². The SMILES string of the molecule is Cn1c(-c2ccc(N)s2)nc2cc(Cl)ccc21. The van der Waals surface area contributed by atoms with Crippen molar-refractivity contribution in [3.63, 3.8) is 0 Å². The minimum atomic E-state index is 0.702. The van der Waals surface area contributed by atoms with Gasteiger partial charge in [-0.15, -0.1) is 11.3 Å². The number of anilines is 1. The van der Waals surface area contributed by atoms with Crippen molar-refractivity contribution < 1.29 is 0 Å². The van der Waals surface area contributed by atoms with E-state index in [2.05, 4.69) is 9.55 Å². The molecule has 2 aromatic heterocycles. The van der Waals surface area contributed by atoms with Gasteiger partial charge in [0.2, 0.25) is 0 Å². The van der Waals surface area contributed by atoms with Crippen molar-refractivity contribution in [3.8, 4) is 10.7 Å². The van der Waals surface area contributed by atoms with Crippen LogP contribution in [0.25, 0.3) is 21.7 Å². The third-order valence-corrected chi connectivity index (χ3v) is 3.84. The van der Waals surface area contributed by atoms with Crippen LogP contribution in [0.5, 0.6) is 0 Å². The number of nitrogen functional groups attached to an aromatic ring is 1. The van der Waals surface area contributed by atoms with Crippen LogP contribution in [0.3, 0.4) is 0 Å². The van der Waals surface area contributed by atoms with Crippen molar-refractivity contribution in [2.45, 2.75) is 0 Å². The van der Waals surface area contributed by atoms with E-state index in [1.807, 2.05) is 37.4 Å². The van der Waals surface area contributed by atoms with E-state index < -0.39 is 0 Å². The predicted octanol–water partition coefficient (Wildman–Crippen LogP) is 3.54. The summed E-state index contributed by atoms with van der Waals surface area (Å²) in [7, 11) is 1.99. The van der Waals surface area contributed by atoms with E-state index in [-0.39, 0.29) is 0 Å². The van der Waals surface area contributed by atoms with E-state index in [0.29, 0.717) is 5.02 Å². The first kappa shape index (κ1) is 10.6. The lowest BCUT2D eigenvalue weighted by atomic mass is 10.3. The van der Waals surface area contributed by atoms with Crippen LogP contribution in [0, 0.1) is 0 Å². The summed E-state index contributed by atoms with van der Waals surface area (Å²) >= 11 is 7.50. The number of nitrogens with two attached hydrogens (primary N) is 1. The van der Waals surface area contributed by atoms with Crippen LogP contribution in [0.2, 0.25) is 5.02 Å². The molecular weight excluding hydrogens is 254 g/mol. The minimum absolute atomic E-state index is 0.702. The highest BCUT2D eigenvalue weighted by atomic mass is 35.5. The number of hydrogen-bond acceptors (Lipinski definition) is 3. The fourth-order valence-electron chi connectivity index (χ4n) is 1.87. The zero-order valence-corrected chi connectivity index (χ0v) is 10.7. The Bertz CT molecular complexity index is 699. The standard InChI is InChI=1S/C12H10ClN3S/c1-16-9-3-2-7(13)6-8(9)15-12(16)10-4-5-11(14)17-10/h2-6H,14H2,1H3. The average molecular weight is 264 g/mol. The summed E-state index contributed by atoms with van der Waals surface area (Å²) in [6.45, 7) is 0. The lowest BCUT2D eigenvalue weighted by Crippen LogP contribution is -1.89. The number of benzene rings is 1. The second-order valence-corrected chi connectivity index (χ2v) is 5.38. The topological polar surface area (TPSA) is 43.8 Å². The Kier molecular flexibility index (Phi) is 2.34. The molecule has 86 valence electrons. The molecule has 3 nitrogen and oxygen atoms in total. The van der Waals surface area contributed by atoms with E-state index in [9.17, 15) is 0 Å². The van der Waals surface area contributed by atoms with Crippen LogP contribution >= 0.6 is 22.9 Å². The second-order valence-electron chi connectivity index (χ2n) is 3.83. The molecule has 0 spiro atoms. The maximum Gasteiger partial charge on any atom is 0.151 e. The van der Waals surface area contributed by atoms with Crippen LogP contribution in [0.4, 0.5) is 5.00 Å². The van der Waals surface area contributed by atoms with E-state index in [0.717, 1.165) is 26.7 Å². The van der Waals surface area contributed by atoms with Crippen molar-refractivity contribution in [2.24, 2.45) is 7.05 Å². The van der Waals surface area contributed by atoms with Gasteiger partial charge in [-0.25, -0.2) is 4.98 Å². The normalized spacial score (nSPS) is 11.2. The Labute approximate surface area is 107 Å². The van der Waals surface area contributed by atoms with E-state index >= 15 is 0 Å². The molecule has 0 radical (unpaired) electrons. The lowest BCUT2D eigenvalue weighted by molar-refractivity contribution is 0.963. The largest absolute Gasteiger partial charge is 0.391 e. The van der Waals surface area contributed by atoms with Gasteiger partial charge in [0.05, 0.1) is 20.9 Å². The Morgan fingerprint density at radius 2 is 2.12 bits per heavy atom. The summed E-state index contributed by atoms with van der Waals surface area (Å²) in [5.74, 6) is 0.920. The Hall–Kier alpha value is -1.52. The Balaban J connectivity index is 2.27. The zero-order chi connectivity index (χ0) is 12.0. The number of nitrogens with zero attached hydrogens (tertiary/aromatic N) is 2. The number of aromatic nitrogens is 2. The first-order valence-corrected chi connectivity index (χ1v) is 6.32. The maximum atomic E-state index is 5.96. The van der Waals surface area contributed by atoms with Gasteiger partial charge in [-0.2, -0.15) is 0 Å². The van der Waals surface area contributed by atoms with Crippen molar-refractivity contribution in [3.05, 3.63) is 35.4 Å². The van der Waals surface area contributed by atoms with Crippen LogP contribution in [0.1, 0.15) is 0 Å². The molecule has 0 bridgehead atoms. The number of aryl methyl sites for hydroxylation is 1. The fourth-order valence-corrected chi connectivity index (χ4v) is 2.83. The molecule has 3 aromatic rings. The molecule has 3 rings (SSSR count). The van der Waals surface area contributed by atoms with Gasteiger partial charge < -0.3 is 10.3 Å².